The predicted molar refractivity (Wildman–Crippen MR) is 108 cm³/mol. The number of aliphatic hydroxyl groups is 2. The second kappa shape index (κ2) is 16.7. The zero-order valence-corrected chi connectivity index (χ0v) is 17.6. The first-order valence-corrected chi connectivity index (χ1v) is 9.96. The summed E-state index contributed by atoms with van der Waals surface area (Å²) in [6.07, 6.45) is -0.125. The summed E-state index contributed by atoms with van der Waals surface area (Å²) in [4.78, 5) is 0. The summed E-state index contributed by atoms with van der Waals surface area (Å²) in [6.45, 7) is 8.50. The number of rotatable bonds is 14. The third kappa shape index (κ3) is 14.5. The van der Waals surface area contributed by atoms with Crippen LogP contribution in [0.25, 0.3) is 0 Å². The zero-order chi connectivity index (χ0) is 21.2. The molecule has 168 valence electrons. The smallest absolute Gasteiger partial charge is 0.163 e. The normalized spacial score (nSPS) is 17.7. The molecule has 2 N–H and O–H groups in total. The average Bonchev–Trinajstić information content (AvgIpc) is 3.09. The van der Waals surface area contributed by atoms with Gasteiger partial charge >= 0.3 is 0 Å². The van der Waals surface area contributed by atoms with E-state index < -0.39 is 5.79 Å². The van der Waals surface area contributed by atoms with Crippen LogP contribution in [-0.2, 0) is 35.0 Å². The molecule has 0 saturated carbocycles. The largest absolute Gasteiger partial charge is 0.394 e. The minimum atomic E-state index is -0.493. The van der Waals surface area contributed by atoms with Crippen molar-refractivity contribution >= 4 is 0 Å². The summed E-state index contributed by atoms with van der Waals surface area (Å²) in [5, 5.41) is 17.1. The van der Waals surface area contributed by atoms with Crippen molar-refractivity contribution < 1.29 is 38.6 Å². The van der Waals surface area contributed by atoms with Gasteiger partial charge in [-0.3, -0.25) is 0 Å². The van der Waals surface area contributed by atoms with E-state index in [9.17, 15) is 0 Å². The van der Waals surface area contributed by atoms with Gasteiger partial charge in [-0.05, 0) is 19.4 Å². The molecule has 2 rings (SSSR count). The lowest BCUT2D eigenvalue weighted by Crippen LogP contribution is -2.22. The molecule has 0 aliphatic carbocycles. The Morgan fingerprint density at radius 2 is 1.41 bits per heavy atom. The van der Waals surface area contributed by atoms with Gasteiger partial charge in [-0.25, -0.2) is 0 Å². The van der Waals surface area contributed by atoms with Gasteiger partial charge in [0.15, 0.2) is 5.79 Å². The number of benzene rings is 1. The SMILES string of the molecule is CC1(C)OCC(CO)O1.OCCOCCOCCOCCOCc1ccccc1. The van der Waals surface area contributed by atoms with E-state index in [1.165, 1.54) is 5.56 Å². The van der Waals surface area contributed by atoms with Crippen molar-refractivity contribution in [3.05, 3.63) is 35.9 Å². The van der Waals surface area contributed by atoms with Crippen LogP contribution in [0.5, 0.6) is 0 Å². The Kier molecular flexibility index (Phi) is 14.9. The van der Waals surface area contributed by atoms with Crippen molar-refractivity contribution in [3.8, 4) is 0 Å². The van der Waals surface area contributed by atoms with Crippen LogP contribution in [0.1, 0.15) is 19.4 Å². The van der Waals surface area contributed by atoms with Gasteiger partial charge in [0.05, 0.1) is 72.7 Å². The van der Waals surface area contributed by atoms with Crippen LogP contribution in [0.4, 0.5) is 0 Å². The molecule has 1 fully saturated rings. The van der Waals surface area contributed by atoms with Crippen molar-refractivity contribution in [2.24, 2.45) is 0 Å². The molecule has 29 heavy (non-hydrogen) atoms. The Bertz CT molecular complexity index is 483. The topological polar surface area (TPSA) is 95.8 Å². The fourth-order valence-electron chi connectivity index (χ4n) is 2.34. The lowest BCUT2D eigenvalue weighted by atomic mass is 10.2. The van der Waals surface area contributed by atoms with Gasteiger partial charge in [0.25, 0.3) is 0 Å². The third-order valence-corrected chi connectivity index (χ3v) is 3.73. The maximum atomic E-state index is 8.59. The quantitative estimate of drug-likeness (QED) is 0.439. The molecule has 8 nitrogen and oxygen atoms in total. The Hall–Kier alpha value is -1.10. The number of ether oxygens (including phenoxy) is 6. The minimum absolute atomic E-state index is 0.0451. The first-order chi connectivity index (χ1) is 14.1. The average molecular weight is 417 g/mol. The number of hydrogen-bond donors (Lipinski definition) is 2. The molecule has 0 amide bonds. The van der Waals surface area contributed by atoms with Crippen molar-refractivity contribution in [1.29, 1.82) is 0 Å². The molecule has 1 aromatic carbocycles. The number of hydrogen-bond acceptors (Lipinski definition) is 8. The van der Waals surface area contributed by atoms with Gasteiger partial charge in [-0.2, -0.15) is 0 Å². The lowest BCUT2D eigenvalue weighted by Gasteiger charge is -2.15. The molecule has 1 atom stereocenters. The van der Waals surface area contributed by atoms with E-state index in [0.717, 1.165) is 0 Å². The Labute approximate surface area is 173 Å². The first kappa shape index (κ1) is 25.9. The fourth-order valence-corrected chi connectivity index (χ4v) is 2.34. The summed E-state index contributed by atoms with van der Waals surface area (Å²) >= 11 is 0. The lowest BCUT2D eigenvalue weighted by molar-refractivity contribution is -0.142. The first-order valence-electron chi connectivity index (χ1n) is 9.96. The van der Waals surface area contributed by atoms with E-state index in [2.05, 4.69) is 0 Å². The maximum absolute atomic E-state index is 8.59. The van der Waals surface area contributed by atoms with Gasteiger partial charge in [-0.1, -0.05) is 30.3 Å². The van der Waals surface area contributed by atoms with Crippen LogP contribution in [0.2, 0.25) is 0 Å². The van der Waals surface area contributed by atoms with Crippen molar-refractivity contribution in [2.45, 2.75) is 32.3 Å². The Balaban J connectivity index is 0.000000387. The Morgan fingerprint density at radius 1 is 0.862 bits per heavy atom. The van der Waals surface area contributed by atoms with Crippen LogP contribution in [-0.4, -0.2) is 88.2 Å². The van der Waals surface area contributed by atoms with Crippen LogP contribution < -0.4 is 0 Å². The molecular formula is C21H36O8. The number of aliphatic hydroxyl groups excluding tert-OH is 2. The monoisotopic (exact) mass is 416 g/mol. The van der Waals surface area contributed by atoms with E-state index >= 15 is 0 Å². The van der Waals surface area contributed by atoms with E-state index in [1.54, 1.807) is 0 Å². The molecular weight excluding hydrogens is 380 g/mol. The highest BCUT2D eigenvalue weighted by atomic mass is 16.7. The summed E-state index contributed by atoms with van der Waals surface area (Å²) in [5.74, 6) is -0.493. The highest BCUT2D eigenvalue weighted by Gasteiger charge is 2.31. The molecule has 1 unspecified atom stereocenters. The van der Waals surface area contributed by atoms with Crippen molar-refractivity contribution in [1.82, 2.24) is 0 Å². The van der Waals surface area contributed by atoms with Gasteiger partial charge in [0.2, 0.25) is 0 Å². The Morgan fingerprint density at radius 3 is 1.86 bits per heavy atom. The molecule has 0 radical (unpaired) electrons. The highest BCUT2D eigenvalue weighted by Crippen LogP contribution is 2.21. The predicted octanol–water partition coefficient (Wildman–Crippen LogP) is 1.38. The second-order valence-electron chi connectivity index (χ2n) is 6.73. The standard InChI is InChI=1S/C15H24O5.C6H12O3/c16-6-7-17-8-9-18-10-11-19-12-13-20-14-15-4-2-1-3-5-15;1-6(2)8-4-5(3-7)9-6/h1-5,16H,6-14H2;5,7H,3-4H2,1-2H3. The molecule has 1 aliphatic heterocycles. The maximum Gasteiger partial charge on any atom is 0.163 e. The van der Waals surface area contributed by atoms with Gasteiger partial charge < -0.3 is 38.6 Å². The summed E-state index contributed by atoms with van der Waals surface area (Å²) in [7, 11) is 0. The molecule has 0 aromatic heterocycles. The van der Waals surface area contributed by atoms with Crippen molar-refractivity contribution in [2.75, 3.05) is 66.1 Å². The molecule has 0 spiro atoms. The van der Waals surface area contributed by atoms with Crippen LogP contribution in [0.15, 0.2) is 30.3 Å². The van der Waals surface area contributed by atoms with Crippen molar-refractivity contribution in [3.63, 3.8) is 0 Å². The highest BCUT2D eigenvalue weighted by molar-refractivity contribution is 5.13. The minimum Gasteiger partial charge on any atom is -0.394 e. The molecule has 1 aliphatic rings. The molecule has 0 bridgehead atoms. The van der Waals surface area contributed by atoms with Crippen LogP contribution in [0.3, 0.4) is 0 Å². The van der Waals surface area contributed by atoms with Gasteiger partial charge in [0.1, 0.15) is 6.10 Å². The second-order valence-corrected chi connectivity index (χ2v) is 6.73. The van der Waals surface area contributed by atoms with E-state index in [4.69, 9.17) is 38.6 Å². The van der Waals surface area contributed by atoms with Crippen LogP contribution in [0, 0.1) is 0 Å². The van der Waals surface area contributed by atoms with E-state index in [0.29, 0.717) is 59.5 Å². The van der Waals surface area contributed by atoms with Crippen LogP contribution >= 0.6 is 0 Å². The van der Waals surface area contributed by atoms with Gasteiger partial charge in [-0.15, -0.1) is 0 Å². The molecule has 1 heterocycles. The summed E-state index contributed by atoms with van der Waals surface area (Å²) < 4.78 is 31.6. The zero-order valence-electron chi connectivity index (χ0n) is 17.6. The van der Waals surface area contributed by atoms with Gasteiger partial charge in [0, 0.05) is 0 Å². The summed E-state index contributed by atoms with van der Waals surface area (Å²) in [6, 6.07) is 10.1. The van der Waals surface area contributed by atoms with E-state index in [1.807, 2.05) is 44.2 Å². The van der Waals surface area contributed by atoms with E-state index in [-0.39, 0.29) is 19.3 Å². The fraction of sp³-hybridized carbons (Fsp3) is 0.714. The third-order valence-electron chi connectivity index (χ3n) is 3.73. The molecule has 1 saturated heterocycles. The summed E-state index contributed by atoms with van der Waals surface area (Å²) in [5.41, 5.74) is 1.17. The molecule has 8 heteroatoms. The molecule has 1 aromatic rings.